The van der Waals surface area contributed by atoms with Crippen LogP contribution >= 0.6 is 0 Å². The lowest BCUT2D eigenvalue weighted by Crippen LogP contribution is -2.33. The van der Waals surface area contributed by atoms with Gasteiger partial charge in [0.2, 0.25) is 0 Å². The second-order valence-electron chi connectivity index (χ2n) is 6.12. The van der Waals surface area contributed by atoms with E-state index in [1.165, 1.54) is 19.4 Å². The summed E-state index contributed by atoms with van der Waals surface area (Å²) in [6.07, 6.45) is 9.20. The van der Waals surface area contributed by atoms with Crippen molar-refractivity contribution in [3.63, 3.8) is 0 Å². The third-order valence-electron chi connectivity index (χ3n) is 4.39. The van der Waals surface area contributed by atoms with Crippen LogP contribution in [-0.2, 0) is 13.5 Å². The number of hydrogen-bond acceptors (Lipinski definition) is 4. The molecule has 0 aromatic carbocycles. The molecule has 1 fully saturated rings. The van der Waals surface area contributed by atoms with E-state index in [4.69, 9.17) is 4.98 Å². The van der Waals surface area contributed by atoms with E-state index >= 15 is 0 Å². The number of rotatable bonds is 3. The molecular weight excluding hydrogens is 262 g/mol. The average molecular weight is 285 g/mol. The zero-order chi connectivity index (χ0) is 14.8. The number of imidazole rings is 1. The summed E-state index contributed by atoms with van der Waals surface area (Å²) in [6, 6.07) is 0. The Kier molecular flexibility index (Phi) is 4.01. The summed E-state index contributed by atoms with van der Waals surface area (Å²) in [5.74, 6) is 1.69. The van der Waals surface area contributed by atoms with Crippen LogP contribution in [0.1, 0.15) is 24.4 Å². The number of piperidine rings is 1. The molecule has 0 bridgehead atoms. The van der Waals surface area contributed by atoms with Crippen molar-refractivity contribution < 1.29 is 0 Å². The highest BCUT2D eigenvalue weighted by molar-refractivity contribution is 5.52. The molecule has 1 aliphatic heterocycles. The standard InChI is InChI=1S/C16H23N5/c1-12-18-10-16(21(12)3)15-9-17-8-14(19-15)7-13-5-4-6-20(2)11-13/h8-10,13H,4-7,11H2,1-3H3. The van der Waals surface area contributed by atoms with Gasteiger partial charge in [-0.3, -0.25) is 4.98 Å². The number of nitrogens with zero attached hydrogens (tertiary/aromatic N) is 5. The first kappa shape index (κ1) is 14.2. The van der Waals surface area contributed by atoms with E-state index in [1.54, 1.807) is 0 Å². The van der Waals surface area contributed by atoms with E-state index in [1.807, 2.05) is 32.6 Å². The van der Waals surface area contributed by atoms with Crippen LogP contribution in [0.15, 0.2) is 18.6 Å². The molecular formula is C16H23N5. The minimum atomic E-state index is 0.696. The molecule has 112 valence electrons. The van der Waals surface area contributed by atoms with Gasteiger partial charge in [0.15, 0.2) is 0 Å². The van der Waals surface area contributed by atoms with E-state index in [0.29, 0.717) is 5.92 Å². The van der Waals surface area contributed by atoms with Crippen molar-refractivity contribution in [3.8, 4) is 11.4 Å². The van der Waals surface area contributed by atoms with E-state index in [9.17, 15) is 0 Å². The first-order valence-electron chi connectivity index (χ1n) is 7.61. The van der Waals surface area contributed by atoms with Crippen molar-refractivity contribution >= 4 is 0 Å². The van der Waals surface area contributed by atoms with Gasteiger partial charge >= 0.3 is 0 Å². The summed E-state index contributed by atoms with van der Waals surface area (Å²) < 4.78 is 2.06. The van der Waals surface area contributed by atoms with Gasteiger partial charge in [0.1, 0.15) is 11.5 Å². The average Bonchev–Trinajstić information content (AvgIpc) is 2.79. The van der Waals surface area contributed by atoms with Crippen molar-refractivity contribution in [3.05, 3.63) is 30.1 Å². The van der Waals surface area contributed by atoms with Gasteiger partial charge in [-0.05, 0) is 45.7 Å². The SMILES string of the molecule is Cc1ncc(-c2cncc(CC3CCCN(C)C3)n2)n1C. The number of aromatic nitrogens is 4. The minimum Gasteiger partial charge on any atom is -0.330 e. The predicted octanol–water partition coefficient (Wildman–Crippen LogP) is 2.07. The fraction of sp³-hybridized carbons (Fsp3) is 0.562. The van der Waals surface area contributed by atoms with Gasteiger partial charge in [-0.1, -0.05) is 0 Å². The third-order valence-corrected chi connectivity index (χ3v) is 4.39. The molecule has 0 saturated carbocycles. The molecule has 21 heavy (non-hydrogen) atoms. The van der Waals surface area contributed by atoms with Crippen LogP contribution in [0.25, 0.3) is 11.4 Å². The highest BCUT2D eigenvalue weighted by Crippen LogP contribution is 2.21. The largest absolute Gasteiger partial charge is 0.330 e. The highest BCUT2D eigenvalue weighted by Gasteiger charge is 2.18. The number of aryl methyl sites for hydroxylation is 1. The zero-order valence-corrected chi connectivity index (χ0v) is 13.1. The molecule has 2 aromatic heterocycles. The van der Waals surface area contributed by atoms with Gasteiger partial charge in [-0.2, -0.15) is 0 Å². The highest BCUT2D eigenvalue weighted by atomic mass is 15.1. The van der Waals surface area contributed by atoms with Crippen LogP contribution in [0.3, 0.4) is 0 Å². The zero-order valence-electron chi connectivity index (χ0n) is 13.1. The van der Waals surface area contributed by atoms with Crippen LogP contribution in [0, 0.1) is 12.8 Å². The van der Waals surface area contributed by atoms with E-state index < -0.39 is 0 Å². The molecule has 1 unspecified atom stereocenters. The summed E-state index contributed by atoms with van der Waals surface area (Å²) in [6.45, 7) is 4.38. The summed E-state index contributed by atoms with van der Waals surface area (Å²) in [4.78, 5) is 15.9. The maximum Gasteiger partial charge on any atom is 0.107 e. The molecule has 1 atom stereocenters. The van der Waals surface area contributed by atoms with Crippen LogP contribution in [-0.4, -0.2) is 44.6 Å². The molecule has 1 aliphatic rings. The van der Waals surface area contributed by atoms with E-state index in [2.05, 4.69) is 26.5 Å². The Morgan fingerprint density at radius 3 is 2.81 bits per heavy atom. The van der Waals surface area contributed by atoms with Crippen molar-refractivity contribution in [1.82, 2.24) is 24.4 Å². The van der Waals surface area contributed by atoms with E-state index in [-0.39, 0.29) is 0 Å². The fourth-order valence-corrected chi connectivity index (χ4v) is 3.10. The normalized spacial score (nSPS) is 19.9. The van der Waals surface area contributed by atoms with Gasteiger partial charge in [-0.25, -0.2) is 9.97 Å². The Bertz CT molecular complexity index is 619. The Labute approximate surface area is 126 Å². The topological polar surface area (TPSA) is 46.8 Å². The molecule has 0 aliphatic carbocycles. The number of likely N-dealkylation sites (tertiary alicyclic amines) is 1. The molecule has 5 nitrogen and oxygen atoms in total. The first-order valence-corrected chi connectivity index (χ1v) is 7.61. The van der Waals surface area contributed by atoms with Crippen LogP contribution < -0.4 is 0 Å². The second kappa shape index (κ2) is 5.93. The Balaban J connectivity index is 1.78. The fourth-order valence-electron chi connectivity index (χ4n) is 3.10. The van der Waals surface area contributed by atoms with Crippen LogP contribution in [0.4, 0.5) is 0 Å². The molecule has 0 radical (unpaired) electrons. The van der Waals surface area contributed by atoms with Crippen LogP contribution in [0.5, 0.6) is 0 Å². The Morgan fingerprint density at radius 1 is 1.24 bits per heavy atom. The van der Waals surface area contributed by atoms with Crippen LogP contribution in [0.2, 0.25) is 0 Å². The second-order valence-corrected chi connectivity index (χ2v) is 6.12. The lowest BCUT2D eigenvalue weighted by molar-refractivity contribution is 0.208. The van der Waals surface area contributed by atoms with Gasteiger partial charge in [0, 0.05) is 19.8 Å². The summed E-state index contributed by atoms with van der Waals surface area (Å²) >= 11 is 0. The Hall–Kier alpha value is -1.75. The maximum atomic E-state index is 4.79. The van der Waals surface area contributed by atoms with Crippen molar-refractivity contribution in [2.24, 2.45) is 13.0 Å². The minimum absolute atomic E-state index is 0.696. The predicted molar refractivity (Wildman–Crippen MR) is 82.9 cm³/mol. The van der Waals surface area contributed by atoms with E-state index in [0.717, 1.165) is 35.9 Å². The molecule has 3 rings (SSSR count). The molecule has 0 amide bonds. The molecule has 0 spiro atoms. The van der Waals surface area contributed by atoms with Crippen molar-refractivity contribution in [2.45, 2.75) is 26.2 Å². The lowest BCUT2D eigenvalue weighted by Gasteiger charge is -2.29. The third kappa shape index (κ3) is 3.13. The quantitative estimate of drug-likeness (QED) is 0.866. The summed E-state index contributed by atoms with van der Waals surface area (Å²) in [7, 11) is 4.22. The monoisotopic (exact) mass is 285 g/mol. The Morgan fingerprint density at radius 2 is 2.10 bits per heavy atom. The molecule has 3 heterocycles. The summed E-state index contributed by atoms with van der Waals surface area (Å²) in [5.41, 5.74) is 3.04. The molecule has 1 saturated heterocycles. The number of hydrogen-bond donors (Lipinski definition) is 0. The van der Waals surface area contributed by atoms with Gasteiger partial charge in [0.05, 0.1) is 23.8 Å². The maximum absolute atomic E-state index is 4.79. The summed E-state index contributed by atoms with van der Waals surface area (Å²) in [5, 5.41) is 0. The molecule has 2 aromatic rings. The van der Waals surface area contributed by atoms with Gasteiger partial charge in [0.25, 0.3) is 0 Å². The molecule has 0 N–H and O–H groups in total. The first-order chi connectivity index (χ1) is 10.1. The van der Waals surface area contributed by atoms with Gasteiger partial charge in [-0.15, -0.1) is 0 Å². The smallest absolute Gasteiger partial charge is 0.107 e. The van der Waals surface area contributed by atoms with Gasteiger partial charge < -0.3 is 9.47 Å². The van der Waals surface area contributed by atoms with Crippen molar-refractivity contribution in [2.75, 3.05) is 20.1 Å². The lowest BCUT2D eigenvalue weighted by atomic mass is 9.94. The molecule has 5 heteroatoms. The van der Waals surface area contributed by atoms with Crippen molar-refractivity contribution in [1.29, 1.82) is 0 Å².